The second kappa shape index (κ2) is 5.22. The zero-order valence-electron chi connectivity index (χ0n) is 12.2. The minimum Gasteiger partial charge on any atom is -0.377 e. The molecule has 2 rings (SSSR count). The van der Waals surface area contributed by atoms with Crippen LogP contribution in [0.15, 0.2) is 12.1 Å². The Balaban J connectivity index is 2.54. The summed E-state index contributed by atoms with van der Waals surface area (Å²) in [6.45, 7) is 9.84. The Morgan fingerprint density at radius 3 is 2.65 bits per heavy atom. The molecule has 0 amide bonds. The molecule has 0 saturated heterocycles. The average molecular weight is 298 g/mol. The first-order valence-electron chi connectivity index (χ1n) is 6.70. The molecule has 20 heavy (non-hydrogen) atoms. The van der Waals surface area contributed by atoms with Gasteiger partial charge in [0.25, 0.3) is 5.69 Å². The van der Waals surface area contributed by atoms with Crippen LogP contribution in [0.25, 0.3) is 0 Å². The first-order valence-corrected chi connectivity index (χ1v) is 7.07. The molecule has 0 saturated carbocycles. The molecule has 1 aromatic carbocycles. The molecule has 0 unspecified atom stereocenters. The van der Waals surface area contributed by atoms with Crippen LogP contribution in [0.2, 0.25) is 5.02 Å². The molecule has 5 nitrogen and oxygen atoms in total. The van der Waals surface area contributed by atoms with Gasteiger partial charge in [-0.1, -0.05) is 11.6 Å². The predicted molar refractivity (Wildman–Crippen MR) is 81.4 cm³/mol. The highest BCUT2D eigenvalue weighted by Crippen LogP contribution is 2.37. The summed E-state index contributed by atoms with van der Waals surface area (Å²) in [5.74, 6) is 0. The molecule has 1 aliphatic heterocycles. The number of halogens is 1. The molecule has 1 N–H and O–H groups in total. The predicted octanol–water partition coefficient (Wildman–Crippen LogP) is 3.66. The van der Waals surface area contributed by atoms with Crippen molar-refractivity contribution >= 4 is 23.0 Å². The number of nitrogens with zero attached hydrogens (tertiary/aromatic N) is 2. The molecule has 0 spiro atoms. The summed E-state index contributed by atoms with van der Waals surface area (Å²) in [5, 5.41) is 14.8. The number of nitro benzene ring substituents is 1. The Bertz CT molecular complexity index is 543. The first kappa shape index (κ1) is 15.1. The maximum Gasteiger partial charge on any atom is 0.294 e. The molecule has 1 aliphatic rings. The van der Waals surface area contributed by atoms with Crippen LogP contribution in [0.5, 0.6) is 0 Å². The molecule has 1 heterocycles. The van der Waals surface area contributed by atoms with Gasteiger partial charge in [-0.15, -0.1) is 0 Å². The Kier molecular flexibility index (Phi) is 3.93. The van der Waals surface area contributed by atoms with Gasteiger partial charge in [0.1, 0.15) is 5.69 Å². The van der Waals surface area contributed by atoms with Crippen LogP contribution in [-0.2, 0) is 6.54 Å². The molecule has 1 aromatic rings. The summed E-state index contributed by atoms with van der Waals surface area (Å²) in [6, 6.07) is 3.56. The molecular weight excluding hydrogens is 278 g/mol. The van der Waals surface area contributed by atoms with Gasteiger partial charge in [-0.05, 0) is 39.3 Å². The number of nitro groups is 1. The van der Waals surface area contributed by atoms with Gasteiger partial charge in [-0.3, -0.25) is 15.0 Å². The van der Waals surface area contributed by atoms with E-state index in [1.807, 2.05) is 6.07 Å². The lowest BCUT2D eigenvalue weighted by Gasteiger charge is -2.39. The van der Waals surface area contributed by atoms with E-state index in [0.717, 1.165) is 5.56 Å². The van der Waals surface area contributed by atoms with E-state index in [1.54, 1.807) is 0 Å². The maximum atomic E-state index is 11.2. The Labute approximate surface area is 124 Å². The summed E-state index contributed by atoms with van der Waals surface area (Å²) >= 11 is 6.03. The van der Waals surface area contributed by atoms with E-state index < -0.39 is 0 Å². The van der Waals surface area contributed by atoms with Gasteiger partial charge in [0.15, 0.2) is 0 Å². The largest absolute Gasteiger partial charge is 0.377 e. The van der Waals surface area contributed by atoms with Crippen molar-refractivity contribution in [3.05, 3.63) is 32.8 Å². The van der Waals surface area contributed by atoms with E-state index in [-0.39, 0.29) is 16.1 Å². The van der Waals surface area contributed by atoms with Crippen LogP contribution >= 0.6 is 11.6 Å². The van der Waals surface area contributed by atoms with E-state index in [1.165, 1.54) is 6.07 Å². The summed E-state index contributed by atoms with van der Waals surface area (Å²) < 4.78 is 0. The van der Waals surface area contributed by atoms with Crippen molar-refractivity contribution in [2.75, 3.05) is 11.9 Å². The van der Waals surface area contributed by atoms with Gasteiger partial charge in [0.05, 0.1) is 4.92 Å². The molecule has 0 fully saturated rings. The van der Waals surface area contributed by atoms with Crippen LogP contribution in [-0.4, -0.2) is 27.9 Å². The Morgan fingerprint density at radius 2 is 2.10 bits per heavy atom. The summed E-state index contributed by atoms with van der Waals surface area (Å²) in [7, 11) is 0. The third kappa shape index (κ3) is 2.74. The van der Waals surface area contributed by atoms with E-state index in [0.29, 0.717) is 29.8 Å². The zero-order chi connectivity index (χ0) is 15.1. The zero-order valence-corrected chi connectivity index (χ0v) is 13.0. The number of hydrogen-bond acceptors (Lipinski definition) is 4. The number of rotatable bonds is 2. The lowest BCUT2D eigenvalue weighted by atomic mass is 10.0. The smallest absolute Gasteiger partial charge is 0.294 e. The number of nitrogens with one attached hydrogen (secondary N) is 1. The fraction of sp³-hybridized carbons (Fsp3) is 0.571. The normalized spacial score (nSPS) is 18.3. The highest BCUT2D eigenvalue weighted by atomic mass is 35.5. The van der Waals surface area contributed by atoms with Gasteiger partial charge in [-0.2, -0.15) is 0 Å². The van der Waals surface area contributed by atoms with Gasteiger partial charge in [-0.25, -0.2) is 0 Å². The minimum absolute atomic E-state index is 0.0499. The fourth-order valence-electron chi connectivity index (χ4n) is 2.81. The molecular formula is C14H20ClN3O2. The number of anilines is 1. The molecule has 6 heteroatoms. The molecule has 110 valence electrons. The fourth-order valence-corrected chi connectivity index (χ4v) is 3.04. The van der Waals surface area contributed by atoms with Crippen LogP contribution < -0.4 is 5.32 Å². The monoisotopic (exact) mass is 297 g/mol. The van der Waals surface area contributed by atoms with Crippen molar-refractivity contribution in [2.45, 2.75) is 45.8 Å². The highest BCUT2D eigenvalue weighted by molar-refractivity contribution is 6.31. The molecule has 0 atom stereocenters. The van der Waals surface area contributed by atoms with E-state index in [9.17, 15) is 10.1 Å². The topological polar surface area (TPSA) is 58.4 Å². The van der Waals surface area contributed by atoms with Crippen molar-refractivity contribution in [1.82, 2.24) is 4.90 Å². The first-order chi connectivity index (χ1) is 9.22. The summed E-state index contributed by atoms with van der Waals surface area (Å²) in [4.78, 5) is 13.2. The summed E-state index contributed by atoms with van der Waals surface area (Å²) in [5.41, 5.74) is 1.43. The number of benzene rings is 1. The minimum atomic E-state index is -0.379. The highest BCUT2D eigenvalue weighted by Gasteiger charge is 2.34. The molecule has 0 aromatic heterocycles. The van der Waals surface area contributed by atoms with Crippen molar-refractivity contribution < 1.29 is 4.92 Å². The van der Waals surface area contributed by atoms with Crippen molar-refractivity contribution in [3.8, 4) is 0 Å². The lowest BCUT2D eigenvalue weighted by molar-refractivity contribution is -0.384. The van der Waals surface area contributed by atoms with E-state index in [4.69, 9.17) is 11.6 Å². The molecule has 0 aliphatic carbocycles. The third-order valence-corrected chi connectivity index (χ3v) is 4.02. The second-order valence-electron chi connectivity index (χ2n) is 6.10. The van der Waals surface area contributed by atoms with Crippen molar-refractivity contribution in [1.29, 1.82) is 0 Å². The number of fused-ring (bicyclic) bond motifs is 1. The Hall–Kier alpha value is -1.33. The van der Waals surface area contributed by atoms with Crippen LogP contribution in [0, 0.1) is 10.1 Å². The van der Waals surface area contributed by atoms with Gasteiger partial charge >= 0.3 is 0 Å². The van der Waals surface area contributed by atoms with Crippen molar-refractivity contribution in [2.24, 2.45) is 0 Å². The van der Waals surface area contributed by atoms with Crippen LogP contribution in [0.4, 0.5) is 11.4 Å². The summed E-state index contributed by atoms with van der Waals surface area (Å²) in [6.07, 6.45) is 0. The lowest BCUT2D eigenvalue weighted by Crippen LogP contribution is -2.50. The van der Waals surface area contributed by atoms with Crippen LogP contribution in [0.1, 0.15) is 33.3 Å². The van der Waals surface area contributed by atoms with Gasteiger partial charge in [0, 0.05) is 35.8 Å². The Morgan fingerprint density at radius 1 is 1.45 bits per heavy atom. The second-order valence-corrected chi connectivity index (χ2v) is 6.54. The average Bonchev–Trinajstić information content (AvgIpc) is 2.45. The van der Waals surface area contributed by atoms with Crippen LogP contribution in [0.3, 0.4) is 0 Å². The molecule has 0 radical (unpaired) electrons. The maximum absolute atomic E-state index is 11.2. The standard InChI is InChI=1S/C14H20ClN3O2/c1-9(2)17-7-10-5-11(15)6-12(18(19)20)13(10)16-8-14(17,3)4/h5-6,9,16H,7-8H2,1-4H3. The quantitative estimate of drug-likeness (QED) is 0.668. The van der Waals surface area contributed by atoms with Gasteiger partial charge in [0.2, 0.25) is 0 Å². The van der Waals surface area contributed by atoms with Crippen molar-refractivity contribution in [3.63, 3.8) is 0 Å². The SMILES string of the molecule is CC(C)N1Cc2cc(Cl)cc([N+](=O)[O-])c2NCC1(C)C. The van der Waals surface area contributed by atoms with Gasteiger partial charge < -0.3 is 5.32 Å². The van der Waals surface area contributed by atoms with E-state index >= 15 is 0 Å². The van der Waals surface area contributed by atoms with E-state index in [2.05, 4.69) is 37.9 Å². The molecule has 0 bridgehead atoms. The third-order valence-electron chi connectivity index (χ3n) is 3.80. The number of hydrogen-bond donors (Lipinski definition) is 1.